The first-order chi connectivity index (χ1) is 20.2. The van der Waals surface area contributed by atoms with Gasteiger partial charge in [-0.3, -0.25) is 9.59 Å². The number of benzene rings is 6. The van der Waals surface area contributed by atoms with Crippen molar-refractivity contribution in [3.63, 3.8) is 0 Å². The number of hydrogen-bond acceptors (Lipinski definition) is 5. The van der Waals surface area contributed by atoms with Crippen LogP contribution < -0.4 is 0 Å². The summed E-state index contributed by atoms with van der Waals surface area (Å²) in [6.45, 7) is 0. The number of amides is 2. The second-order valence-corrected chi connectivity index (χ2v) is 12.5. The first kappa shape index (κ1) is 27.6. The van der Waals surface area contributed by atoms with Crippen molar-refractivity contribution in [2.45, 2.75) is 9.79 Å². The predicted molar refractivity (Wildman–Crippen MR) is 176 cm³/mol. The molecule has 0 aliphatic carbocycles. The molecule has 42 heavy (non-hydrogen) atoms. The molecule has 0 saturated carbocycles. The van der Waals surface area contributed by atoms with E-state index in [1.807, 2.05) is 12.1 Å². The third-order valence-electron chi connectivity index (χ3n) is 7.35. The summed E-state index contributed by atoms with van der Waals surface area (Å²) in [6, 6.07) is 33.1. The Morgan fingerprint density at radius 2 is 1.14 bits per heavy atom. The van der Waals surface area contributed by atoms with E-state index in [4.69, 9.17) is 0 Å². The highest BCUT2D eigenvalue weighted by Crippen LogP contribution is 2.43. The molecule has 7 heteroatoms. The van der Waals surface area contributed by atoms with Crippen LogP contribution in [-0.2, 0) is 0 Å². The van der Waals surface area contributed by atoms with Gasteiger partial charge in [0.1, 0.15) is 0 Å². The molecule has 0 radical (unpaired) electrons. The third kappa shape index (κ3) is 4.94. The summed E-state index contributed by atoms with van der Waals surface area (Å²) in [7, 11) is 6.87. The zero-order chi connectivity index (χ0) is 29.5. The first-order valence-corrected chi connectivity index (χ1v) is 15.0. The van der Waals surface area contributed by atoms with Gasteiger partial charge < -0.3 is 9.80 Å². The highest BCUT2D eigenvalue weighted by Gasteiger charge is 2.20. The van der Waals surface area contributed by atoms with Crippen LogP contribution in [0.1, 0.15) is 5.56 Å². The monoisotopic (exact) mass is 585 g/mol. The fraction of sp³-hybridized carbons (Fsp3) is 0.114. The standard InChI is InChI=1S/C35H27N3O2S2/c1-37(2)34(39)41-30-18-21(20-36)8-14-27(30)28-16-13-25(19-31(28)42-35(40)38(3)4)26-15-11-24-10-9-22-6-5-7-23-12-17-29(26)33(24)32(22)23/h5-19H,1-4H3. The number of hydrogen-bond donors (Lipinski definition) is 0. The van der Waals surface area contributed by atoms with E-state index in [1.54, 1.807) is 45.2 Å². The van der Waals surface area contributed by atoms with E-state index in [-0.39, 0.29) is 10.5 Å². The number of thioether (sulfide) groups is 2. The van der Waals surface area contributed by atoms with Crippen LogP contribution in [0.2, 0.25) is 0 Å². The molecule has 5 nitrogen and oxygen atoms in total. The average molecular weight is 586 g/mol. The van der Waals surface area contributed by atoms with Gasteiger partial charge in [-0.1, -0.05) is 72.8 Å². The van der Waals surface area contributed by atoms with Gasteiger partial charge in [0.15, 0.2) is 0 Å². The van der Waals surface area contributed by atoms with Crippen molar-refractivity contribution >= 4 is 66.3 Å². The fourth-order valence-corrected chi connectivity index (χ4v) is 6.94. The maximum atomic E-state index is 13.0. The molecule has 0 unspecified atom stereocenters. The molecule has 206 valence electrons. The Balaban J connectivity index is 1.56. The smallest absolute Gasteiger partial charge is 0.285 e. The van der Waals surface area contributed by atoms with Gasteiger partial charge in [0.2, 0.25) is 0 Å². The van der Waals surface area contributed by atoms with Gasteiger partial charge in [-0.2, -0.15) is 5.26 Å². The molecular formula is C35H27N3O2S2. The topological polar surface area (TPSA) is 64.4 Å². The maximum Gasteiger partial charge on any atom is 0.285 e. The summed E-state index contributed by atoms with van der Waals surface area (Å²) in [5.41, 5.74) is 4.18. The summed E-state index contributed by atoms with van der Waals surface area (Å²) in [4.78, 5) is 30.2. The van der Waals surface area contributed by atoms with Crippen LogP contribution in [0.5, 0.6) is 0 Å². The van der Waals surface area contributed by atoms with Crippen molar-refractivity contribution in [1.29, 1.82) is 5.26 Å². The van der Waals surface area contributed by atoms with Crippen LogP contribution in [-0.4, -0.2) is 48.5 Å². The molecule has 0 saturated heterocycles. The predicted octanol–water partition coefficient (Wildman–Crippen LogP) is 9.34. The minimum Gasteiger partial charge on any atom is -0.339 e. The molecule has 0 spiro atoms. The Kier molecular flexibility index (Phi) is 7.28. The van der Waals surface area contributed by atoms with E-state index in [9.17, 15) is 14.9 Å². The van der Waals surface area contributed by atoms with Gasteiger partial charge >= 0.3 is 0 Å². The normalized spacial score (nSPS) is 11.2. The largest absolute Gasteiger partial charge is 0.339 e. The molecule has 0 aliphatic rings. The van der Waals surface area contributed by atoms with Crippen LogP contribution >= 0.6 is 23.5 Å². The number of nitrogens with zero attached hydrogens (tertiary/aromatic N) is 3. The molecule has 0 fully saturated rings. The number of nitriles is 1. The molecule has 0 aliphatic heterocycles. The SMILES string of the molecule is CN(C)C(=O)Sc1cc(C#N)ccc1-c1ccc(-c2ccc3ccc4cccc5ccc2c3c45)cc1SC(=O)N(C)C. The number of carbonyl (C=O) groups is 2. The van der Waals surface area contributed by atoms with E-state index in [1.165, 1.54) is 31.8 Å². The lowest BCUT2D eigenvalue weighted by Crippen LogP contribution is -2.16. The third-order valence-corrected chi connectivity index (χ3v) is 9.54. The van der Waals surface area contributed by atoms with E-state index in [0.29, 0.717) is 10.5 Å². The molecule has 6 rings (SSSR count). The Labute approximate surface area is 253 Å². The van der Waals surface area contributed by atoms with Gasteiger partial charge in [-0.05, 0) is 96.3 Å². The second kappa shape index (κ2) is 11.1. The van der Waals surface area contributed by atoms with Crippen molar-refractivity contribution < 1.29 is 9.59 Å². The summed E-state index contributed by atoms with van der Waals surface area (Å²) in [5.74, 6) is 0. The van der Waals surface area contributed by atoms with Crippen molar-refractivity contribution in [3.8, 4) is 28.3 Å². The van der Waals surface area contributed by atoms with Gasteiger partial charge in [-0.15, -0.1) is 0 Å². The molecule has 0 bridgehead atoms. The summed E-state index contributed by atoms with van der Waals surface area (Å²) in [6.07, 6.45) is 0. The van der Waals surface area contributed by atoms with Gasteiger partial charge in [0.25, 0.3) is 10.5 Å². The minimum atomic E-state index is -0.143. The van der Waals surface area contributed by atoms with Gasteiger partial charge in [0, 0.05) is 38.0 Å². The number of carbonyl (C=O) groups excluding carboxylic acids is 2. The molecule has 0 heterocycles. The van der Waals surface area contributed by atoms with Crippen LogP contribution in [0.15, 0.2) is 101 Å². The van der Waals surface area contributed by atoms with Crippen molar-refractivity contribution in [2.24, 2.45) is 0 Å². The lowest BCUT2D eigenvalue weighted by atomic mass is 9.89. The van der Waals surface area contributed by atoms with Crippen molar-refractivity contribution in [3.05, 3.63) is 96.6 Å². The zero-order valence-corrected chi connectivity index (χ0v) is 25.3. The lowest BCUT2D eigenvalue weighted by Gasteiger charge is -2.18. The maximum absolute atomic E-state index is 13.0. The summed E-state index contributed by atoms with van der Waals surface area (Å²) in [5, 5.41) is 16.6. The Morgan fingerprint density at radius 1 is 0.619 bits per heavy atom. The highest BCUT2D eigenvalue weighted by molar-refractivity contribution is 8.14. The molecule has 2 amide bonds. The molecular weight excluding hydrogens is 559 g/mol. The van der Waals surface area contributed by atoms with Crippen molar-refractivity contribution in [2.75, 3.05) is 28.2 Å². The van der Waals surface area contributed by atoms with Gasteiger partial charge in [-0.25, -0.2) is 0 Å². The Bertz CT molecular complexity index is 2040. The van der Waals surface area contributed by atoms with Crippen LogP contribution in [0, 0.1) is 11.3 Å². The van der Waals surface area contributed by atoms with Crippen molar-refractivity contribution in [1.82, 2.24) is 9.80 Å². The molecule has 6 aromatic rings. The highest BCUT2D eigenvalue weighted by atomic mass is 32.2. The van der Waals surface area contributed by atoms with Crippen LogP contribution in [0.3, 0.4) is 0 Å². The van der Waals surface area contributed by atoms with Crippen LogP contribution in [0.4, 0.5) is 9.59 Å². The summed E-state index contributed by atoms with van der Waals surface area (Å²) < 4.78 is 0. The quantitative estimate of drug-likeness (QED) is 0.152. The summed E-state index contributed by atoms with van der Waals surface area (Å²) >= 11 is 2.23. The Hall–Kier alpha value is -4.51. The fourth-order valence-electron chi connectivity index (χ4n) is 5.25. The Morgan fingerprint density at radius 3 is 1.76 bits per heavy atom. The van der Waals surface area contributed by atoms with Gasteiger partial charge in [0.05, 0.1) is 11.6 Å². The molecule has 6 aromatic carbocycles. The average Bonchev–Trinajstić information content (AvgIpc) is 2.99. The first-order valence-electron chi connectivity index (χ1n) is 13.4. The zero-order valence-electron chi connectivity index (χ0n) is 23.6. The van der Waals surface area contributed by atoms with E-state index in [0.717, 1.165) is 56.1 Å². The molecule has 0 atom stereocenters. The minimum absolute atomic E-state index is 0.101. The van der Waals surface area contributed by atoms with E-state index < -0.39 is 0 Å². The molecule has 0 aromatic heterocycles. The van der Waals surface area contributed by atoms with Crippen LogP contribution in [0.25, 0.3) is 54.6 Å². The lowest BCUT2D eigenvalue weighted by molar-refractivity contribution is 0.240. The van der Waals surface area contributed by atoms with E-state index >= 15 is 0 Å². The number of rotatable bonds is 4. The molecule has 0 N–H and O–H groups in total. The second-order valence-electron chi connectivity index (χ2n) is 10.5. The van der Waals surface area contributed by atoms with E-state index in [2.05, 4.69) is 72.8 Å².